The Bertz CT molecular complexity index is 350. The Kier molecular flexibility index (Phi) is 6.00. The molecular formula is C14H22FNS. The van der Waals surface area contributed by atoms with Crippen molar-refractivity contribution in [2.45, 2.75) is 44.6 Å². The van der Waals surface area contributed by atoms with Crippen LogP contribution >= 0.6 is 11.8 Å². The Morgan fingerprint density at radius 2 is 2.00 bits per heavy atom. The standard InChI is InChI=1S/C14H22FNS/c1-10(2)6-7-17-14-5-4-12(8-11(3)16)9-13(14)15/h4-5,9-11H,6-8,16H2,1-3H3. The molecule has 0 fully saturated rings. The summed E-state index contributed by atoms with van der Waals surface area (Å²) in [4.78, 5) is 0.749. The molecule has 0 radical (unpaired) electrons. The maximum atomic E-state index is 13.8. The van der Waals surface area contributed by atoms with Gasteiger partial charge in [-0.25, -0.2) is 4.39 Å². The molecule has 0 aliphatic rings. The largest absolute Gasteiger partial charge is 0.328 e. The average molecular weight is 255 g/mol. The van der Waals surface area contributed by atoms with Crippen molar-refractivity contribution in [2.24, 2.45) is 11.7 Å². The van der Waals surface area contributed by atoms with E-state index in [1.807, 2.05) is 19.1 Å². The summed E-state index contributed by atoms with van der Waals surface area (Å²) in [7, 11) is 0. The average Bonchev–Trinajstić information content (AvgIpc) is 2.20. The zero-order valence-corrected chi connectivity index (χ0v) is 11.7. The van der Waals surface area contributed by atoms with Crippen LogP contribution in [0.4, 0.5) is 4.39 Å². The molecule has 0 heterocycles. The lowest BCUT2D eigenvalue weighted by Gasteiger charge is -2.09. The molecule has 17 heavy (non-hydrogen) atoms. The summed E-state index contributed by atoms with van der Waals surface area (Å²) in [5.74, 6) is 1.53. The molecule has 1 aromatic carbocycles. The molecule has 1 rings (SSSR count). The lowest BCUT2D eigenvalue weighted by atomic mass is 10.1. The van der Waals surface area contributed by atoms with Gasteiger partial charge in [-0.2, -0.15) is 0 Å². The summed E-state index contributed by atoms with van der Waals surface area (Å²) in [6.45, 7) is 6.30. The summed E-state index contributed by atoms with van der Waals surface area (Å²) in [5, 5.41) is 0. The lowest BCUT2D eigenvalue weighted by molar-refractivity contribution is 0.596. The van der Waals surface area contributed by atoms with Gasteiger partial charge in [-0.15, -0.1) is 11.8 Å². The third kappa shape index (κ3) is 5.55. The van der Waals surface area contributed by atoms with Crippen LogP contribution in [-0.4, -0.2) is 11.8 Å². The highest BCUT2D eigenvalue weighted by atomic mass is 32.2. The second kappa shape index (κ2) is 7.02. The van der Waals surface area contributed by atoms with E-state index in [1.54, 1.807) is 17.8 Å². The normalized spacial score (nSPS) is 13.1. The van der Waals surface area contributed by atoms with E-state index < -0.39 is 0 Å². The van der Waals surface area contributed by atoms with E-state index in [9.17, 15) is 4.39 Å². The predicted molar refractivity (Wildman–Crippen MR) is 73.9 cm³/mol. The van der Waals surface area contributed by atoms with E-state index >= 15 is 0 Å². The maximum absolute atomic E-state index is 13.8. The van der Waals surface area contributed by atoms with Crippen LogP contribution in [0.25, 0.3) is 0 Å². The van der Waals surface area contributed by atoms with E-state index in [2.05, 4.69) is 13.8 Å². The number of hydrogen-bond donors (Lipinski definition) is 1. The van der Waals surface area contributed by atoms with Crippen molar-refractivity contribution in [1.82, 2.24) is 0 Å². The van der Waals surface area contributed by atoms with Gasteiger partial charge in [-0.05, 0) is 49.1 Å². The number of hydrogen-bond acceptors (Lipinski definition) is 2. The summed E-state index contributed by atoms with van der Waals surface area (Å²) in [5.41, 5.74) is 6.68. The first-order chi connectivity index (χ1) is 7.99. The molecule has 0 aliphatic carbocycles. The molecule has 0 aliphatic heterocycles. The molecule has 0 aromatic heterocycles. The van der Waals surface area contributed by atoms with Crippen LogP contribution in [0.15, 0.2) is 23.1 Å². The van der Waals surface area contributed by atoms with Crippen molar-refractivity contribution in [3.63, 3.8) is 0 Å². The van der Waals surface area contributed by atoms with Gasteiger partial charge < -0.3 is 5.73 Å². The molecule has 0 saturated heterocycles. The minimum absolute atomic E-state index is 0.0776. The van der Waals surface area contributed by atoms with Crippen molar-refractivity contribution in [2.75, 3.05) is 5.75 Å². The fourth-order valence-corrected chi connectivity index (χ4v) is 2.73. The smallest absolute Gasteiger partial charge is 0.137 e. The molecular weight excluding hydrogens is 233 g/mol. The summed E-state index contributed by atoms with van der Waals surface area (Å²) in [6, 6.07) is 5.54. The summed E-state index contributed by atoms with van der Waals surface area (Å²) >= 11 is 1.60. The molecule has 0 saturated carbocycles. The van der Waals surface area contributed by atoms with Crippen molar-refractivity contribution in [3.05, 3.63) is 29.6 Å². The Morgan fingerprint density at radius 1 is 1.29 bits per heavy atom. The van der Waals surface area contributed by atoms with Gasteiger partial charge in [-0.3, -0.25) is 0 Å². The van der Waals surface area contributed by atoms with Gasteiger partial charge in [0.2, 0.25) is 0 Å². The Morgan fingerprint density at radius 3 is 2.53 bits per heavy atom. The fraction of sp³-hybridized carbons (Fsp3) is 0.571. The van der Waals surface area contributed by atoms with E-state index in [0.29, 0.717) is 5.92 Å². The van der Waals surface area contributed by atoms with Gasteiger partial charge in [0, 0.05) is 10.9 Å². The fourth-order valence-electron chi connectivity index (χ4n) is 1.56. The molecule has 1 unspecified atom stereocenters. The highest BCUT2D eigenvalue weighted by Crippen LogP contribution is 2.24. The second-order valence-electron chi connectivity index (χ2n) is 4.98. The molecule has 0 bridgehead atoms. The lowest BCUT2D eigenvalue weighted by Crippen LogP contribution is -2.17. The third-order valence-corrected chi connectivity index (χ3v) is 3.59. The van der Waals surface area contributed by atoms with E-state index in [0.717, 1.165) is 29.1 Å². The SMILES string of the molecule is CC(C)CCSc1ccc(CC(C)N)cc1F. The van der Waals surface area contributed by atoms with Gasteiger partial charge in [0.1, 0.15) is 5.82 Å². The monoisotopic (exact) mass is 255 g/mol. The molecule has 96 valence electrons. The van der Waals surface area contributed by atoms with Crippen LogP contribution in [0, 0.1) is 11.7 Å². The van der Waals surface area contributed by atoms with E-state index in [1.165, 1.54) is 0 Å². The van der Waals surface area contributed by atoms with Crippen LogP contribution in [0.2, 0.25) is 0 Å². The van der Waals surface area contributed by atoms with E-state index in [4.69, 9.17) is 5.73 Å². The topological polar surface area (TPSA) is 26.0 Å². The van der Waals surface area contributed by atoms with Crippen molar-refractivity contribution in [1.29, 1.82) is 0 Å². The molecule has 2 N–H and O–H groups in total. The summed E-state index contributed by atoms with van der Waals surface area (Å²) < 4.78 is 13.8. The first kappa shape index (κ1) is 14.5. The van der Waals surface area contributed by atoms with Gasteiger partial charge >= 0.3 is 0 Å². The van der Waals surface area contributed by atoms with Gasteiger partial charge in [0.05, 0.1) is 0 Å². The van der Waals surface area contributed by atoms with Gasteiger partial charge in [0.15, 0.2) is 0 Å². The molecule has 1 aromatic rings. The van der Waals surface area contributed by atoms with Gasteiger partial charge in [0.25, 0.3) is 0 Å². The van der Waals surface area contributed by atoms with Crippen LogP contribution in [0.5, 0.6) is 0 Å². The number of thioether (sulfide) groups is 1. The van der Waals surface area contributed by atoms with Crippen molar-refractivity contribution < 1.29 is 4.39 Å². The predicted octanol–water partition coefficient (Wildman–Crippen LogP) is 3.85. The van der Waals surface area contributed by atoms with Crippen molar-refractivity contribution >= 4 is 11.8 Å². The quantitative estimate of drug-likeness (QED) is 0.781. The Balaban J connectivity index is 2.57. The highest BCUT2D eigenvalue weighted by molar-refractivity contribution is 7.99. The van der Waals surface area contributed by atoms with Crippen molar-refractivity contribution in [3.8, 4) is 0 Å². The Labute approximate surface area is 108 Å². The van der Waals surface area contributed by atoms with Crippen LogP contribution in [0.3, 0.4) is 0 Å². The minimum Gasteiger partial charge on any atom is -0.328 e. The number of rotatable bonds is 6. The molecule has 1 nitrogen and oxygen atoms in total. The van der Waals surface area contributed by atoms with Gasteiger partial charge in [-0.1, -0.05) is 19.9 Å². The van der Waals surface area contributed by atoms with Crippen LogP contribution in [-0.2, 0) is 6.42 Å². The van der Waals surface area contributed by atoms with E-state index in [-0.39, 0.29) is 11.9 Å². The summed E-state index contributed by atoms with van der Waals surface area (Å²) in [6.07, 6.45) is 1.85. The minimum atomic E-state index is -0.114. The maximum Gasteiger partial charge on any atom is 0.137 e. The number of benzene rings is 1. The van der Waals surface area contributed by atoms with Crippen LogP contribution < -0.4 is 5.73 Å². The molecule has 0 spiro atoms. The Hall–Kier alpha value is -0.540. The number of nitrogens with two attached hydrogens (primary N) is 1. The number of halogens is 1. The first-order valence-electron chi connectivity index (χ1n) is 6.16. The second-order valence-corrected chi connectivity index (χ2v) is 6.11. The zero-order chi connectivity index (χ0) is 12.8. The molecule has 1 atom stereocenters. The highest BCUT2D eigenvalue weighted by Gasteiger charge is 2.06. The zero-order valence-electron chi connectivity index (χ0n) is 10.9. The molecule has 3 heteroatoms. The third-order valence-electron chi connectivity index (χ3n) is 2.51. The molecule has 0 amide bonds. The first-order valence-corrected chi connectivity index (χ1v) is 7.14. The van der Waals surface area contributed by atoms with Crippen LogP contribution in [0.1, 0.15) is 32.8 Å².